The Balaban J connectivity index is 1.44. The van der Waals surface area contributed by atoms with Gasteiger partial charge in [0.15, 0.2) is 0 Å². The van der Waals surface area contributed by atoms with Crippen molar-refractivity contribution in [1.29, 1.82) is 0 Å². The number of hydrogen-bond donors (Lipinski definition) is 2. The molecular weight excluding hydrogens is 366 g/mol. The average Bonchev–Trinajstić information content (AvgIpc) is 3.43. The minimum Gasteiger partial charge on any atom is -0.381 e. The number of anilines is 1. The molecule has 27 heavy (non-hydrogen) atoms. The number of carbonyl (C=O) groups excluding carboxylic acids is 2. The van der Waals surface area contributed by atoms with Crippen molar-refractivity contribution < 1.29 is 14.3 Å². The number of halogens is 1. The van der Waals surface area contributed by atoms with Crippen LogP contribution in [0.1, 0.15) is 25.7 Å². The molecule has 1 atom stereocenters. The number of hydrogen-bond acceptors (Lipinski definition) is 3. The van der Waals surface area contributed by atoms with Gasteiger partial charge in [-0.3, -0.25) is 4.79 Å². The lowest BCUT2D eigenvalue weighted by molar-refractivity contribution is -0.129. The second kappa shape index (κ2) is 7.68. The van der Waals surface area contributed by atoms with Crippen LogP contribution in [0.25, 0.3) is 0 Å². The molecule has 2 aliphatic heterocycles. The van der Waals surface area contributed by atoms with Crippen LogP contribution in [-0.4, -0.2) is 49.7 Å². The molecule has 0 bridgehead atoms. The highest BCUT2D eigenvalue weighted by Crippen LogP contribution is 2.44. The first-order chi connectivity index (χ1) is 13.1. The number of nitrogens with zero attached hydrogens (tertiary/aromatic N) is 1. The number of urea groups is 1. The van der Waals surface area contributed by atoms with Gasteiger partial charge >= 0.3 is 6.03 Å². The summed E-state index contributed by atoms with van der Waals surface area (Å²) in [4.78, 5) is 27.5. The molecule has 4 rings (SSSR count). The molecule has 2 saturated heterocycles. The Labute approximate surface area is 164 Å². The first-order valence-corrected chi connectivity index (χ1v) is 10.1. The quantitative estimate of drug-likeness (QED) is 0.828. The van der Waals surface area contributed by atoms with Gasteiger partial charge in [0.1, 0.15) is 0 Å². The zero-order valence-electron chi connectivity index (χ0n) is 15.4. The van der Waals surface area contributed by atoms with Crippen molar-refractivity contribution >= 4 is 29.2 Å². The summed E-state index contributed by atoms with van der Waals surface area (Å²) in [5.41, 5.74) is 0.524. The number of amides is 3. The van der Waals surface area contributed by atoms with Crippen molar-refractivity contribution in [3.05, 3.63) is 29.3 Å². The van der Waals surface area contributed by atoms with Crippen molar-refractivity contribution in [2.75, 3.05) is 38.2 Å². The zero-order valence-corrected chi connectivity index (χ0v) is 16.1. The van der Waals surface area contributed by atoms with E-state index in [0.29, 0.717) is 42.9 Å². The third-order valence-corrected chi connectivity index (χ3v) is 6.35. The van der Waals surface area contributed by atoms with Crippen molar-refractivity contribution in [3.8, 4) is 0 Å². The Bertz CT molecular complexity index is 699. The molecule has 1 aromatic rings. The van der Waals surface area contributed by atoms with Gasteiger partial charge in [0.25, 0.3) is 0 Å². The lowest BCUT2D eigenvalue weighted by Crippen LogP contribution is -2.44. The molecule has 1 aromatic carbocycles. The molecule has 0 aromatic heterocycles. The number of carbonyl (C=O) groups is 2. The van der Waals surface area contributed by atoms with Crippen LogP contribution in [-0.2, 0) is 9.53 Å². The smallest absolute Gasteiger partial charge is 0.321 e. The molecule has 0 radical (unpaired) electrons. The van der Waals surface area contributed by atoms with Crippen LogP contribution < -0.4 is 10.6 Å². The molecular formula is C20H26ClN3O3. The number of likely N-dealkylation sites (tertiary alicyclic amines) is 1. The molecule has 1 saturated carbocycles. The van der Waals surface area contributed by atoms with Gasteiger partial charge in [-0.2, -0.15) is 0 Å². The van der Waals surface area contributed by atoms with Crippen LogP contribution in [0.4, 0.5) is 10.5 Å². The van der Waals surface area contributed by atoms with Gasteiger partial charge in [0.2, 0.25) is 5.91 Å². The molecule has 7 heteroatoms. The van der Waals surface area contributed by atoms with E-state index in [1.165, 1.54) is 12.8 Å². The van der Waals surface area contributed by atoms with Crippen molar-refractivity contribution in [1.82, 2.24) is 10.2 Å². The minimum absolute atomic E-state index is 0.0885. The van der Waals surface area contributed by atoms with Crippen molar-refractivity contribution in [2.45, 2.75) is 25.7 Å². The van der Waals surface area contributed by atoms with Crippen molar-refractivity contribution in [3.63, 3.8) is 0 Å². The molecule has 146 valence electrons. The fourth-order valence-corrected chi connectivity index (χ4v) is 4.32. The predicted molar refractivity (Wildman–Crippen MR) is 104 cm³/mol. The van der Waals surface area contributed by atoms with E-state index >= 15 is 0 Å². The molecule has 2 N–H and O–H groups in total. The number of rotatable bonds is 4. The fraction of sp³-hybridized carbons (Fsp3) is 0.600. The van der Waals surface area contributed by atoms with E-state index in [4.69, 9.17) is 16.3 Å². The molecule has 1 unspecified atom stereocenters. The number of nitrogens with one attached hydrogen (secondary N) is 2. The topological polar surface area (TPSA) is 70.7 Å². The van der Waals surface area contributed by atoms with E-state index in [-0.39, 0.29) is 23.3 Å². The van der Waals surface area contributed by atoms with Gasteiger partial charge in [0, 0.05) is 49.0 Å². The number of ether oxygens (including phenoxy) is 1. The minimum atomic E-state index is -0.177. The molecule has 3 aliphatic rings. The average molecular weight is 392 g/mol. The van der Waals surface area contributed by atoms with E-state index in [2.05, 4.69) is 10.6 Å². The lowest BCUT2D eigenvalue weighted by Gasteiger charge is -2.37. The highest BCUT2D eigenvalue weighted by Gasteiger charge is 2.51. The monoisotopic (exact) mass is 391 g/mol. The summed E-state index contributed by atoms with van der Waals surface area (Å²) >= 11 is 5.90. The first kappa shape index (κ1) is 18.6. The summed E-state index contributed by atoms with van der Waals surface area (Å²) in [6.07, 6.45) is 4.05. The van der Waals surface area contributed by atoms with Crippen LogP contribution in [0.3, 0.4) is 0 Å². The maximum atomic E-state index is 12.9. The van der Waals surface area contributed by atoms with Gasteiger partial charge in [-0.25, -0.2) is 4.79 Å². The summed E-state index contributed by atoms with van der Waals surface area (Å²) in [6, 6.07) is 6.88. The Morgan fingerprint density at radius 1 is 1.19 bits per heavy atom. The van der Waals surface area contributed by atoms with E-state index in [1.54, 1.807) is 29.2 Å². The fourth-order valence-electron chi connectivity index (χ4n) is 4.19. The standard InChI is InChI=1S/C20H26ClN3O3/c21-15-3-5-16(6-4-15)23-19(26)24-12-17(18(25)22-11-14-1-2-14)20(13-24)7-9-27-10-8-20/h3-6,14,17H,1-2,7-13H2,(H,22,25)(H,23,26). The van der Waals surface area contributed by atoms with Crippen molar-refractivity contribution in [2.24, 2.45) is 17.3 Å². The highest BCUT2D eigenvalue weighted by atomic mass is 35.5. The summed E-state index contributed by atoms with van der Waals surface area (Å²) < 4.78 is 5.53. The molecule has 3 fully saturated rings. The number of benzene rings is 1. The lowest BCUT2D eigenvalue weighted by atomic mass is 9.72. The van der Waals surface area contributed by atoms with Gasteiger partial charge in [-0.15, -0.1) is 0 Å². The zero-order chi connectivity index (χ0) is 18.9. The SMILES string of the molecule is O=C(NCC1CC1)C1CN(C(=O)Nc2ccc(Cl)cc2)CC12CCOCC2. The van der Waals surface area contributed by atoms with Crippen LogP contribution in [0.2, 0.25) is 5.02 Å². The summed E-state index contributed by atoms with van der Waals surface area (Å²) in [5.74, 6) is 0.562. The van der Waals surface area contributed by atoms with Crippen LogP contribution in [0, 0.1) is 17.3 Å². The predicted octanol–water partition coefficient (Wildman–Crippen LogP) is 3.13. The Morgan fingerprint density at radius 2 is 1.89 bits per heavy atom. The van der Waals surface area contributed by atoms with Gasteiger partial charge < -0.3 is 20.3 Å². The van der Waals surface area contributed by atoms with E-state index in [1.807, 2.05) is 0 Å². The van der Waals surface area contributed by atoms with Gasteiger partial charge in [0.05, 0.1) is 5.92 Å². The molecule has 2 heterocycles. The maximum Gasteiger partial charge on any atom is 0.321 e. The Hall–Kier alpha value is -1.79. The van der Waals surface area contributed by atoms with E-state index < -0.39 is 0 Å². The molecule has 3 amide bonds. The second-order valence-electron chi connectivity index (χ2n) is 8.03. The Morgan fingerprint density at radius 3 is 2.56 bits per heavy atom. The third kappa shape index (κ3) is 4.22. The van der Waals surface area contributed by atoms with E-state index in [9.17, 15) is 9.59 Å². The maximum absolute atomic E-state index is 12.9. The summed E-state index contributed by atoms with van der Waals surface area (Å²) in [5, 5.41) is 6.67. The molecule has 1 spiro atoms. The normalized spacial score (nSPS) is 24.0. The van der Waals surface area contributed by atoms with E-state index in [0.717, 1.165) is 19.4 Å². The van der Waals surface area contributed by atoms with Crippen LogP contribution >= 0.6 is 11.6 Å². The van der Waals surface area contributed by atoms with Crippen LogP contribution in [0.5, 0.6) is 0 Å². The first-order valence-electron chi connectivity index (χ1n) is 9.73. The van der Waals surface area contributed by atoms with Gasteiger partial charge in [-0.1, -0.05) is 11.6 Å². The second-order valence-corrected chi connectivity index (χ2v) is 8.47. The highest BCUT2D eigenvalue weighted by molar-refractivity contribution is 6.30. The van der Waals surface area contributed by atoms with Crippen LogP contribution in [0.15, 0.2) is 24.3 Å². The van der Waals surface area contributed by atoms with Gasteiger partial charge in [-0.05, 0) is 55.9 Å². The Kier molecular flexibility index (Phi) is 5.28. The molecule has 1 aliphatic carbocycles. The largest absolute Gasteiger partial charge is 0.381 e. The summed E-state index contributed by atoms with van der Waals surface area (Å²) in [6.45, 7) is 3.12. The third-order valence-electron chi connectivity index (χ3n) is 6.10. The summed E-state index contributed by atoms with van der Waals surface area (Å²) in [7, 11) is 0. The molecule has 6 nitrogen and oxygen atoms in total.